The van der Waals surface area contributed by atoms with Crippen LogP contribution in [0.3, 0.4) is 0 Å². The van der Waals surface area contributed by atoms with Crippen molar-refractivity contribution in [2.45, 2.75) is 24.6 Å². The van der Waals surface area contributed by atoms with Crippen LogP contribution in [0.5, 0.6) is 0 Å². The minimum atomic E-state index is -0.146. The minimum absolute atomic E-state index is 0.000587. The number of benzene rings is 1. The molecule has 1 heterocycles. The monoisotopic (exact) mass is 266 g/mol. The summed E-state index contributed by atoms with van der Waals surface area (Å²) in [7, 11) is 0. The zero-order valence-electron chi connectivity index (χ0n) is 9.80. The van der Waals surface area contributed by atoms with Gasteiger partial charge in [0.1, 0.15) is 0 Å². The third kappa shape index (κ3) is 1.90. The Morgan fingerprint density at radius 3 is 3.11 bits per heavy atom. The van der Waals surface area contributed by atoms with Gasteiger partial charge >= 0.3 is 0 Å². The molecule has 0 spiro atoms. The van der Waals surface area contributed by atoms with Crippen molar-refractivity contribution >= 4 is 17.5 Å². The molecule has 2 aliphatic rings. The molecule has 1 aromatic rings. The number of nitrogens with one attached hydrogen (secondary N) is 1. The fourth-order valence-corrected chi connectivity index (χ4v) is 2.98. The third-order valence-corrected chi connectivity index (χ3v) is 4.07. The van der Waals surface area contributed by atoms with Crippen LogP contribution in [0.4, 0.5) is 0 Å². The first-order chi connectivity index (χ1) is 8.66. The molecule has 4 unspecified atom stereocenters. The van der Waals surface area contributed by atoms with E-state index in [-0.39, 0.29) is 24.1 Å². The molecule has 1 aliphatic heterocycles. The van der Waals surface area contributed by atoms with Crippen molar-refractivity contribution in [3.63, 3.8) is 0 Å². The lowest BCUT2D eigenvalue weighted by Gasteiger charge is -2.45. The van der Waals surface area contributed by atoms with Gasteiger partial charge in [-0.2, -0.15) is 0 Å². The topological polar surface area (TPSA) is 64.3 Å². The Balaban J connectivity index is 1.68. The summed E-state index contributed by atoms with van der Waals surface area (Å²) >= 11 is 5.86. The van der Waals surface area contributed by atoms with Gasteiger partial charge in [-0.15, -0.1) is 0 Å². The maximum absolute atomic E-state index is 12.1. The fraction of sp³-hybridized carbons (Fsp3) is 0.462. The molecule has 4 atom stereocenters. The number of halogens is 1. The summed E-state index contributed by atoms with van der Waals surface area (Å²) in [6.07, 6.45) is 1.08. The van der Waals surface area contributed by atoms with E-state index in [2.05, 4.69) is 5.32 Å². The number of carbonyl (C=O) groups is 1. The summed E-state index contributed by atoms with van der Waals surface area (Å²) in [5, 5.41) is 3.48. The van der Waals surface area contributed by atoms with Gasteiger partial charge in [0.05, 0.1) is 12.1 Å². The Morgan fingerprint density at radius 2 is 2.33 bits per heavy atom. The Morgan fingerprint density at radius 1 is 1.50 bits per heavy atom. The lowest BCUT2D eigenvalue weighted by Crippen LogP contribution is -2.68. The van der Waals surface area contributed by atoms with E-state index < -0.39 is 0 Å². The number of nitrogens with two attached hydrogens (primary N) is 1. The number of fused-ring (bicyclic) bond motifs is 1. The SMILES string of the molecule is NC1C2CCOC2C1NC(=O)c1cccc(Cl)c1. The first-order valence-corrected chi connectivity index (χ1v) is 6.48. The van der Waals surface area contributed by atoms with Crippen LogP contribution in [0.1, 0.15) is 16.8 Å². The third-order valence-electron chi connectivity index (χ3n) is 3.83. The van der Waals surface area contributed by atoms with Gasteiger partial charge in [0.25, 0.3) is 5.91 Å². The van der Waals surface area contributed by atoms with Gasteiger partial charge in [0.15, 0.2) is 0 Å². The first-order valence-electron chi connectivity index (χ1n) is 6.10. The van der Waals surface area contributed by atoms with Gasteiger partial charge in [-0.1, -0.05) is 17.7 Å². The molecule has 1 amide bonds. The van der Waals surface area contributed by atoms with E-state index in [1.807, 2.05) is 0 Å². The van der Waals surface area contributed by atoms with Crippen LogP contribution in [0, 0.1) is 5.92 Å². The molecular formula is C13H15ClN2O2. The van der Waals surface area contributed by atoms with Crippen LogP contribution >= 0.6 is 11.6 Å². The highest BCUT2D eigenvalue weighted by Crippen LogP contribution is 2.37. The largest absolute Gasteiger partial charge is 0.376 e. The average molecular weight is 267 g/mol. The Hall–Kier alpha value is -1.10. The summed E-state index contributed by atoms with van der Waals surface area (Å²) < 4.78 is 5.57. The molecule has 4 nitrogen and oxygen atoms in total. The highest BCUT2D eigenvalue weighted by atomic mass is 35.5. The van der Waals surface area contributed by atoms with E-state index in [0.717, 1.165) is 13.0 Å². The van der Waals surface area contributed by atoms with Gasteiger partial charge in [0.2, 0.25) is 0 Å². The van der Waals surface area contributed by atoms with Crippen molar-refractivity contribution in [1.29, 1.82) is 0 Å². The average Bonchev–Trinajstić information content (AvgIpc) is 2.80. The lowest BCUT2D eigenvalue weighted by molar-refractivity contribution is -0.0161. The predicted octanol–water partition coefficient (Wildman–Crippen LogP) is 1.18. The maximum atomic E-state index is 12.1. The second-order valence-corrected chi connectivity index (χ2v) is 5.31. The molecular weight excluding hydrogens is 252 g/mol. The van der Waals surface area contributed by atoms with Crippen LogP contribution in [0.25, 0.3) is 0 Å². The van der Waals surface area contributed by atoms with E-state index in [1.54, 1.807) is 24.3 Å². The molecule has 0 aromatic heterocycles. The van der Waals surface area contributed by atoms with Crippen LogP contribution in [0.2, 0.25) is 5.02 Å². The van der Waals surface area contributed by atoms with Gasteiger partial charge in [-0.3, -0.25) is 4.79 Å². The van der Waals surface area contributed by atoms with Gasteiger partial charge in [0, 0.05) is 29.2 Å². The van der Waals surface area contributed by atoms with E-state index in [1.165, 1.54) is 0 Å². The molecule has 1 aromatic carbocycles. The molecule has 3 rings (SSSR count). The van der Waals surface area contributed by atoms with Crippen LogP contribution in [-0.2, 0) is 4.74 Å². The summed E-state index contributed by atoms with van der Waals surface area (Å²) in [4.78, 5) is 12.1. The summed E-state index contributed by atoms with van der Waals surface area (Å²) in [5.41, 5.74) is 6.60. The standard InChI is InChI=1S/C13H15ClN2O2/c14-8-3-1-2-7(6-8)13(17)16-11-10(15)9-4-5-18-12(9)11/h1-3,6,9-12H,4-5,15H2,(H,16,17). The number of hydrogen-bond acceptors (Lipinski definition) is 3. The van der Waals surface area contributed by atoms with Crippen molar-refractivity contribution in [1.82, 2.24) is 5.32 Å². The number of rotatable bonds is 2. The second-order valence-electron chi connectivity index (χ2n) is 4.87. The highest BCUT2D eigenvalue weighted by molar-refractivity contribution is 6.30. The number of carbonyl (C=O) groups excluding carboxylic acids is 1. The van der Waals surface area contributed by atoms with Gasteiger partial charge < -0.3 is 15.8 Å². The van der Waals surface area contributed by atoms with Crippen molar-refractivity contribution in [3.8, 4) is 0 Å². The van der Waals surface area contributed by atoms with E-state index >= 15 is 0 Å². The molecule has 0 bridgehead atoms. The highest BCUT2D eigenvalue weighted by Gasteiger charge is 2.52. The number of amides is 1. The van der Waals surface area contributed by atoms with Gasteiger partial charge in [-0.25, -0.2) is 0 Å². The van der Waals surface area contributed by atoms with Crippen LogP contribution in [-0.4, -0.2) is 30.7 Å². The Kier molecular flexibility index (Phi) is 3.01. The van der Waals surface area contributed by atoms with Crippen molar-refractivity contribution in [3.05, 3.63) is 34.9 Å². The smallest absolute Gasteiger partial charge is 0.251 e. The van der Waals surface area contributed by atoms with Crippen molar-refractivity contribution in [2.24, 2.45) is 11.7 Å². The van der Waals surface area contributed by atoms with E-state index in [0.29, 0.717) is 16.5 Å². The van der Waals surface area contributed by atoms with Crippen LogP contribution < -0.4 is 11.1 Å². The Bertz CT molecular complexity index is 480. The molecule has 1 saturated carbocycles. The Labute approximate surface area is 110 Å². The molecule has 2 fully saturated rings. The van der Waals surface area contributed by atoms with E-state index in [9.17, 15) is 4.79 Å². The molecule has 5 heteroatoms. The fourth-order valence-electron chi connectivity index (χ4n) is 2.79. The number of hydrogen-bond donors (Lipinski definition) is 2. The summed E-state index contributed by atoms with van der Waals surface area (Å²) in [6, 6.07) is 6.80. The zero-order valence-corrected chi connectivity index (χ0v) is 10.6. The molecule has 0 radical (unpaired) electrons. The molecule has 3 N–H and O–H groups in total. The molecule has 18 heavy (non-hydrogen) atoms. The van der Waals surface area contributed by atoms with E-state index in [4.69, 9.17) is 22.1 Å². The quantitative estimate of drug-likeness (QED) is 0.845. The number of ether oxygens (including phenoxy) is 1. The van der Waals surface area contributed by atoms with Crippen LogP contribution in [0.15, 0.2) is 24.3 Å². The lowest BCUT2D eigenvalue weighted by atomic mass is 9.72. The molecule has 1 aliphatic carbocycles. The second kappa shape index (κ2) is 4.53. The zero-order chi connectivity index (χ0) is 12.7. The van der Waals surface area contributed by atoms with Crippen molar-refractivity contribution in [2.75, 3.05) is 6.61 Å². The maximum Gasteiger partial charge on any atom is 0.251 e. The minimum Gasteiger partial charge on any atom is -0.376 e. The normalized spacial score (nSPS) is 33.7. The van der Waals surface area contributed by atoms with Crippen molar-refractivity contribution < 1.29 is 9.53 Å². The molecule has 1 saturated heterocycles. The first kappa shape index (κ1) is 12.0. The summed E-state index contributed by atoms with van der Waals surface area (Å²) in [5.74, 6) is 0.251. The predicted molar refractivity (Wildman–Crippen MR) is 68.5 cm³/mol. The molecule has 96 valence electrons. The summed E-state index contributed by atoms with van der Waals surface area (Å²) in [6.45, 7) is 0.743. The van der Waals surface area contributed by atoms with Gasteiger partial charge in [-0.05, 0) is 24.6 Å².